The number of imidazole rings is 1. The molecule has 2 heterocycles. The zero-order valence-electron chi connectivity index (χ0n) is 16.9. The zero-order valence-corrected chi connectivity index (χ0v) is 18.5. The number of amides is 2. The van der Waals surface area contributed by atoms with Gasteiger partial charge in [-0.15, -0.1) is 0 Å². The molecule has 31 heavy (non-hydrogen) atoms. The lowest BCUT2D eigenvalue weighted by Crippen LogP contribution is -2.53. The van der Waals surface area contributed by atoms with E-state index in [4.69, 9.17) is 11.6 Å². The Hall–Kier alpha value is -2.62. The fourth-order valence-corrected chi connectivity index (χ4v) is 5.12. The van der Waals surface area contributed by atoms with Gasteiger partial charge in [0.1, 0.15) is 5.82 Å². The molecular formula is C21H24ClN5O3S. The maximum atomic E-state index is 12.7. The molecule has 0 radical (unpaired) electrons. The highest BCUT2D eigenvalue weighted by Gasteiger charge is 2.30. The van der Waals surface area contributed by atoms with E-state index in [1.54, 1.807) is 17.0 Å². The number of rotatable bonds is 6. The number of hydrogen-bond donors (Lipinski definition) is 2. The molecule has 0 aliphatic carbocycles. The smallest absolute Gasteiger partial charge is 0.317 e. The van der Waals surface area contributed by atoms with Gasteiger partial charge in [0.15, 0.2) is 0 Å². The number of nitrogens with one attached hydrogen (secondary N) is 2. The summed E-state index contributed by atoms with van der Waals surface area (Å²) >= 11 is 5.84. The molecule has 2 amide bonds. The van der Waals surface area contributed by atoms with Crippen molar-refractivity contribution in [3.8, 4) is 0 Å². The van der Waals surface area contributed by atoms with Crippen molar-refractivity contribution in [2.75, 3.05) is 32.7 Å². The molecule has 0 unspecified atom stereocenters. The summed E-state index contributed by atoms with van der Waals surface area (Å²) in [6.45, 7) is 1.75. The molecule has 2 N–H and O–H groups in total. The Labute approximate surface area is 186 Å². The number of aromatic amines is 1. The third-order valence-electron chi connectivity index (χ3n) is 5.28. The Morgan fingerprint density at radius 2 is 1.77 bits per heavy atom. The molecular weight excluding hydrogens is 438 g/mol. The van der Waals surface area contributed by atoms with Gasteiger partial charge < -0.3 is 15.2 Å². The number of H-pyrrole nitrogens is 1. The van der Waals surface area contributed by atoms with Gasteiger partial charge in [0, 0.05) is 44.2 Å². The molecule has 10 heteroatoms. The quantitative estimate of drug-likeness (QED) is 0.551. The molecule has 1 aliphatic rings. The number of carbonyl (C=O) groups is 1. The number of para-hydroxylation sites is 2. The molecule has 1 aliphatic heterocycles. The predicted octanol–water partition coefficient (Wildman–Crippen LogP) is 2.87. The van der Waals surface area contributed by atoms with Crippen molar-refractivity contribution in [2.45, 2.75) is 17.7 Å². The van der Waals surface area contributed by atoms with Crippen LogP contribution < -0.4 is 5.32 Å². The van der Waals surface area contributed by atoms with Crippen molar-refractivity contribution >= 4 is 38.7 Å². The summed E-state index contributed by atoms with van der Waals surface area (Å²) in [4.78, 5) is 22.1. The summed E-state index contributed by atoms with van der Waals surface area (Å²) < 4.78 is 26.9. The molecule has 3 aromatic rings. The van der Waals surface area contributed by atoms with Crippen LogP contribution >= 0.6 is 11.6 Å². The molecule has 0 spiro atoms. The molecule has 8 nitrogen and oxygen atoms in total. The Morgan fingerprint density at radius 1 is 1.06 bits per heavy atom. The Balaban J connectivity index is 1.22. The van der Waals surface area contributed by atoms with E-state index in [1.165, 1.54) is 16.4 Å². The predicted molar refractivity (Wildman–Crippen MR) is 120 cm³/mol. The minimum Gasteiger partial charge on any atom is -0.342 e. The van der Waals surface area contributed by atoms with E-state index in [2.05, 4.69) is 15.3 Å². The van der Waals surface area contributed by atoms with E-state index >= 15 is 0 Å². The van der Waals surface area contributed by atoms with E-state index < -0.39 is 10.0 Å². The van der Waals surface area contributed by atoms with Crippen molar-refractivity contribution in [1.82, 2.24) is 24.5 Å². The van der Waals surface area contributed by atoms with Crippen LogP contribution in [0.25, 0.3) is 11.0 Å². The number of aryl methyl sites for hydroxylation is 1. The summed E-state index contributed by atoms with van der Waals surface area (Å²) in [6.07, 6.45) is 1.50. The number of carbonyl (C=O) groups excluding carboxylic acids is 1. The third-order valence-corrected chi connectivity index (χ3v) is 7.45. The number of piperazine rings is 1. The normalized spacial score (nSPS) is 15.3. The van der Waals surface area contributed by atoms with Gasteiger partial charge in [-0.05, 0) is 42.8 Å². The van der Waals surface area contributed by atoms with E-state index in [0.717, 1.165) is 29.7 Å². The highest BCUT2D eigenvalue weighted by Crippen LogP contribution is 2.20. The number of hydrogen-bond acceptors (Lipinski definition) is 4. The maximum absolute atomic E-state index is 12.7. The van der Waals surface area contributed by atoms with E-state index in [9.17, 15) is 13.2 Å². The second-order valence-electron chi connectivity index (χ2n) is 7.38. The third kappa shape index (κ3) is 5.00. The second kappa shape index (κ2) is 9.25. The summed E-state index contributed by atoms with van der Waals surface area (Å²) in [5, 5.41) is 3.40. The lowest BCUT2D eigenvalue weighted by molar-refractivity contribution is 0.172. The first-order chi connectivity index (χ1) is 14.9. The van der Waals surface area contributed by atoms with Crippen molar-refractivity contribution in [1.29, 1.82) is 0 Å². The Morgan fingerprint density at radius 3 is 2.48 bits per heavy atom. The molecule has 2 aromatic carbocycles. The standard InChI is InChI=1S/C21H24ClN5O3S/c22-16-7-9-17(10-8-16)31(29,30)27-14-12-26(13-15-27)21(28)23-11-3-6-20-24-18-4-1-2-5-19(18)25-20/h1-2,4-5,7-10H,3,6,11-15H2,(H,23,28)(H,24,25). The number of aromatic nitrogens is 2. The first-order valence-electron chi connectivity index (χ1n) is 10.2. The first kappa shape index (κ1) is 21.6. The molecule has 1 aromatic heterocycles. The van der Waals surface area contributed by atoms with Crippen LogP contribution in [0.15, 0.2) is 53.4 Å². The van der Waals surface area contributed by atoms with Crippen LogP contribution in [0.4, 0.5) is 4.79 Å². The second-order valence-corrected chi connectivity index (χ2v) is 9.76. The topological polar surface area (TPSA) is 98.4 Å². The SMILES string of the molecule is O=C(NCCCc1nc2ccccc2[nH]1)N1CCN(S(=O)(=O)c2ccc(Cl)cc2)CC1. The van der Waals surface area contributed by atoms with Crippen molar-refractivity contribution in [3.63, 3.8) is 0 Å². The van der Waals surface area contributed by atoms with Crippen LogP contribution in [0.5, 0.6) is 0 Å². The molecule has 1 fully saturated rings. The van der Waals surface area contributed by atoms with Crippen molar-refractivity contribution in [2.24, 2.45) is 0 Å². The summed E-state index contributed by atoms with van der Waals surface area (Å²) in [5.41, 5.74) is 1.95. The van der Waals surface area contributed by atoms with Crippen LogP contribution in [0, 0.1) is 0 Å². The fourth-order valence-electron chi connectivity index (χ4n) is 3.57. The van der Waals surface area contributed by atoms with E-state index in [-0.39, 0.29) is 24.0 Å². The largest absolute Gasteiger partial charge is 0.342 e. The van der Waals surface area contributed by atoms with Gasteiger partial charge in [0.05, 0.1) is 15.9 Å². The highest BCUT2D eigenvalue weighted by atomic mass is 35.5. The van der Waals surface area contributed by atoms with Crippen LogP contribution in [-0.4, -0.2) is 66.3 Å². The van der Waals surface area contributed by atoms with E-state index in [1.807, 2.05) is 24.3 Å². The van der Waals surface area contributed by atoms with Gasteiger partial charge in [-0.3, -0.25) is 0 Å². The Bertz CT molecular complexity index is 1120. The number of sulfonamides is 1. The number of benzene rings is 2. The van der Waals surface area contributed by atoms with Gasteiger partial charge in [-0.25, -0.2) is 18.2 Å². The van der Waals surface area contributed by atoms with Crippen LogP contribution in [0.1, 0.15) is 12.2 Å². The number of halogens is 1. The fraction of sp³-hybridized carbons (Fsp3) is 0.333. The van der Waals surface area contributed by atoms with Gasteiger partial charge in [0.2, 0.25) is 10.0 Å². The van der Waals surface area contributed by atoms with Gasteiger partial charge >= 0.3 is 6.03 Å². The average molecular weight is 462 g/mol. The molecule has 0 atom stereocenters. The van der Waals surface area contributed by atoms with Gasteiger partial charge in [-0.2, -0.15) is 4.31 Å². The lowest BCUT2D eigenvalue weighted by Gasteiger charge is -2.34. The molecule has 0 saturated carbocycles. The van der Waals surface area contributed by atoms with Crippen LogP contribution in [0.2, 0.25) is 5.02 Å². The first-order valence-corrected chi connectivity index (χ1v) is 12.0. The molecule has 1 saturated heterocycles. The zero-order chi connectivity index (χ0) is 21.8. The number of fused-ring (bicyclic) bond motifs is 1. The summed E-state index contributed by atoms with van der Waals surface area (Å²) in [6, 6.07) is 13.8. The molecule has 4 rings (SSSR count). The monoisotopic (exact) mass is 461 g/mol. The van der Waals surface area contributed by atoms with E-state index in [0.29, 0.717) is 24.7 Å². The maximum Gasteiger partial charge on any atom is 0.317 e. The van der Waals surface area contributed by atoms with Crippen molar-refractivity contribution < 1.29 is 13.2 Å². The summed E-state index contributed by atoms with van der Waals surface area (Å²) in [7, 11) is -3.58. The van der Waals surface area contributed by atoms with Crippen LogP contribution in [-0.2, 0) is 16.4 Å². The molecule has 164 valence electrons. The minimum absolute atomic E-state index is 0.173. The van der Waals surface area contributed by atoms with Gasteiger partial charge in [0.25, 0.3) is 0 Å². The lowest BCUT2D eigenvalue weighted by atomic mass is 10.3. The summed E-state index contributed by atoms with van der Waals surface area (Å²) in [5.74, 6) is 0.900. The molecule has 0 bridgehead atoms. The van der Waals surface area contributed by atoms with Gasteiger partial charge in [-0.1, -0.05) is 23.7 Å². The average Bonchev–Trinajstić information content (AvgIpc) is 3.20. The van der Waals surface area contributed by atoms with Crippen LogP contribution in [0.3, 0.4) is 0 Å². The number of urea groups is 1. The highest BCUT2D eigenvalue weighted by molar-refractivity contribution is 7.89. The van der Waals surface area contributed by atoms with Crippen molar-refractivity contribution in [3.05, 3.63) is 59.4 Å². The number of nitrogens with zero attached hydrogens (tertiary/aromatic N) is 3. The minimum atomic E-state index is -3.58. The Kier molecular flexibility index (Phi) is 6.45.